The van der Waals surface area contributed by atoms with E-state index in [1.807, 2.05) is 0 Å². The molecule has 0 amide bonds. The van der Waals surface area contributed by atoms with Crippen molar-refractivity contribution in [2.45, 2.75) is 31.5 Å². The minimum absolute atomic E-state index is 0.0514. The molecule has 0 fully saturated rings. The highest BCUT2D eigenvalue weighted by atomic mass is 19.4. The number of halogens is 3. The second-order valence-electron chi connectivity index (χ2n) is 3.17. The smallest absolute Gasteiger partial charge is 0.389 e. The lowest BCUT2D eigenvalue weighted by atomic mass is 10.1. The van der Waals surface area contributed by atoms with Gasteiger partial charge in [0.05, 0.1) is 12.5 Å². The molecule has 0 aromatic carbocycles. The van der Waals surface area contributed by atoms with Gasteiger partial charge in [-0.05, 0) is 18.9 Å². The molecule has 1 unspecified atom stereocenters. The summed E-state index contributed by atoms with van der Waals surface area (Å²) in [7, 11) is 0. The number of furan rings is 1. The van der Waals surface area contributed by atoms with Crippen molar-refractivity contribution in [3.8, 4) is 0 Å². The van der Waals surface area contributed by atoms with Crippen molar-refractivity contribution in [1.29, 1.82) is 0 Å². The topological polar surface area (TPSA) is 39.2 Å². The summed E-state index contributed by atoms with van der Waals surface area (Å²) < 4.78 is 40.1. The first-order chi connectivity index (χ1) is 6.49. The largest absolute Gasteiger partial charge is 0.472 e. The van der Waals surface area contributed by atoms with Crippen molar-refractivity contribution in [3.05, 3.63) is 24.2 Å². The van der Waals surface area contributed by atoms with Crippen molar-refractivity contribution in [2.75, 3.05) is 0 Å². The van der Waals surface area contributed by atoms with E-state index in [9.17, 15) is 13.2 Å². The van der Waals surface area contributed by atoms with Crippen LogP contribution < -0.4 is 5.73 Å². The number of alkyl halides is 3. The van der Waals surface area contributed by atoms with E-state index in [2.05, 4.69) is 0 Å². The van der Waals surface area contributed by atoms with Crippen molar-refractivity contribution in [2.24, 2.45) is 5.73 Å². The van der Waals surface area contributed by atoms with Crippen LogP contribution >= 0.6 is 0 Å². The van der Waals surface area contributed by atoms with Crippen molar-refractivity contribution >= 4 is 0 Å². The zero-order chi connectivity index (χ0) is 10.6. The summed E-state index contributed by atoms with van der Waals surface area (Å²) in [5, 5.41) is 0. The molecule has 2 nitrogen and oxygen atoms in total. The van der Waals surface area contributed by atoms with Gasteiger partial charge in [-0.15, -0.1) is 0 Å². The Labute approximate surface area is 79.9 Å². The molecule has 0 radical (unpaired) electrons. The Balaban J connectivity index is 2.26. The zero-order valence-electron chi connectivity index (χ0n) is 7.55. The fraction of sp³-hybridized carbons (Fsp3) is 0.556. The van der Waals surface area contributed by atoms with Gasteiger partial charge in [-0.25, -0.2) is 0 Å². The van der Waals surface area contributed by atoms with E-state index < -0.39 is 12.6 Å². The maximum Gasteiger partial charge on any atom is 0.389 e. The summed E-state index contributed by atoms with van der Waals surface area (Å²) in [6, 6.07) is 1.30. The van der Waals surface area contributed by atoms with E-state index in [1.165, 1.54) is 12.5 Å². The van der Waals surface area contributed by atoms with Crippen molar-refractivity contribution in [3.63, 3.8) is 0 Å². The third-order valence-electron chi connectivity index (χ3n) is 1.95. The van der Waals surface area contributed by atoms with E-state index in [-0.39, 0.29) is 12.5 Å². The van der Waals surface area contributed by atoms with Crippen LogP contribution in [0.15, 0.2) is 23.0 Å². The lowest BCUT2D eigenvalue weighted by molar-refractivity contribution is -0.135. The predicted molar refractivity (Wildman–Crippen MR) is 45.5 cm³/mol. The highest BCUT2D eigenvalue weighted by molar-refractivity contribution is 5.10. The van der Waals surface area contributed by atoms with Crippen LogP contribution in [0.3, 0.4) is 0 Å². The van der Waals surface area contributed by atoms with Gasteiger partial charge in [0.2, 0.25) is 0 Å². The van der Waals surface area contributed by atoms with Gasteiger partial charge in [0.1, 0.15) is 0 Å². The average Bonchev–Trinajstić information content (AvgIpc) is 2.53. The third kappa shape index (κ3) is 3.83. The fourth-order valence-electron chi connectivity index (χ4n) is 1.18. The van der Waals surface area contributed by atoms with Gasteiger partial charge in [-0.2, -0.15) is 13.2 Å². The Bertz CT molecular complexity index is 256. The maximum absolute atomic E-state index is 11.8. The lowest BCUT2D eigenvalue weighted by Crippen LogP contribution is -2.12. The SMILES string of the molecule is NC(CCCC(F)(F)F)c1ccoc1. The molecular weight excluding hydrogens is 195 g/mol. The summed E-state index contributed by atoms with van der Waals surface area (Å²) in [6.07, 6.45) is -1.58. The van der Waals surface area contributed by atoms with Crippen LogP contribution in [0.2, 0.25) is 0 Å². The van der Waals surface area contributed by atoms with Gasteiger partial charge in [0, 0.05) is 18.0 Å². The number of hydrogen-bond acceptors (Lipinski definition) is 2. The zero-order valence-corrected chi connectivity index (χ0v) is 7.55. The molecule has 0 aliphatic heterocycles. The van der Waals surface area contributed by atoms with Crippen LogP contribution in [0.25, 0.3) is 0 Å². The van der Waals surface area contributed by atoms with Gasteiger partial charge in [-0.3, -0.25) is 0 Å². The lowest BCUT2D eigenvalue weighted by Gasteiger charge is -2.10. The monoisotopic (exact) mass is 207 g/mol. The summed E-state index contributed by atoms with van der Waals surface area (Å²) in [5.41, 5.74) is 6.38. The highest BCUT2D eigenvalue weighted by Gasteiger charge is 2.26. The first-order valence-corrected chi connectivity index (χ1v) is 4.33. The molecule has 0 spiro atoms. The Morgan fingerprint density at radius 3 is 2.64 bits per heavy atom. The van der Waals surface area contributed by atoms with E-state index in [1.54, 1.807) is 6.07 Å². The molecule has 1 atom stereocenters. The molecular formula is C9H12F3NO. The average molecular weight is 207 g/mol. The molecule has 0 aliphatic rings. The third-order valence-corrected chi connectivity index (χ3v) is 1.95. The second kappa shape index (κ2) is 4.50. The molecule has 2 N–H and O–H groups in total. The van der Waals surface area contributed by atoms with Gasteiger partial charge in [0.15, 0.2) is 0 Å². The van der Waals surface area contributed by atoms with E-state index in [4.69, 9.17) is 10.2 Å². The van der Waals surface area contributed by atoms with Gasteiger partial charge < -0.3 is 10.2 Å². The van der Waals surface area contributed by atoms with E-state index in [0.717, 1.165) is 5.56 Å². The van der Waals surface area contributed by atoms with E-state index >= 15 is 0 Å². The summed E-state index contributed by atoms with van der Waals surface area (Å²) in [5.74, 6) is 0. The summed E-state index contributed by atoms with van der Waals surface area (Å²) >= 11 is 0. The minimum Gasteiger partial charge on any atom is -0.472 e. The van der Waals surface area contributed by atoms with Gasteiger partial charge in [0.25, 0.3) is 0 Å². The maximum atomic E-state index is 11.8. The van der Waals surface area contributed by atoms with Crippen LogP contribution in [0.5, 0.6) is 0 Å². The van der Waals surface area contributed by atoms with Crippen LogP contribution in [0, 0.1) is 0 Å². The van der Waals surface area contributed by atoms with Gasteiger partial charge >= 0.3 is 6.18 Å². The molecule has 1 heterocycles. The molecule has 1 aromatic heterocycles. The van der Waals surface area contributed by atoms with Crippen LogP contribution in [-0.2, 0) is 0 Å². The molecule has 14 heavy (non-hydrogen) atoms. The van der Waals surface area contributed by atoms with Crippen molar-refractivity contribution in [1.82, 2.24) is 0 Å². The van der Waals surface area contributed by atoms with E-state index in [0.29, 0.717) is 6.42 Å². The molecule has 1 rings (SSSR count). The first kappa shape index (κ1) is 11.1. The Morgan fingerprint density at radius 2 is 2.14 bits per heavy atom. The number of hydrogen-bond donors (Lipinski definition) is 1. The van der Waals surface area contributed by atoms with Crippen LogP contribution in [0.4, 0.5) is 13.2 Å². The molecule has 1 aromatic rings. The number of rotatable bonds is 4. The molecule has 0 aliphatic carbocycles. The molecule has 80 valence electrons. The Hall–Kier alpha value is -0.970. The predicted octanol–water partition coefficient (Wildman–Crippen LogP) is 3.01. The Morgan fingerprint density at radius 1 is 1.43 bits per heavy atom. The van der Waals surface area contributed by atoms with Crippen molar-refractivity contribution < 1.29 is 17.6 Å². The Kier molecular flexibility index (Phi) is 3.57. The summed E-state index contributed by atoms with van der Waals surface area (Å²) in [6.45, 7) is 0. The molecule has 5 heteroatoms. The molecule has 0 saturated carbocycles. The van der Waals surface area contributed by atoms with Crippen LogP contribution in [-0.4, -0.2) is 6.18 Å². The second-order valence-corrected chi connectivity index (χ2v) is 3.17. The standard InChI is InChI=1S/C9H12F3NO/c10-9(11,12)4-1-2-8(13)7-3-5-14-6-7/h3,5-6,8H,1-2,4,13H2. The van der Waals surface area contributed by atoms with Gasteiger partial charge in [-0.1, -0.05) is 0 Å². The van der Waals surface area contributed by atoms with Crippen LogP contribution in [0.1, 0.15) is 30.9 Å². The molecule has 0 saturated heterocycles. The quantitative estimate of drug-likeness (QED) is 0.824. The minimum atomic E-state index is -4.09. The molecule has 0 bridgehead atoms. The fourth-order valence-corrected chi connectivity index (χ4v) is 1.18. The first-order valence-electron chi connectivity index (χ1n) is 4.33. The highest BCUT2D eigenvalue weighted by Crippen LogP contribution is 2.25. The number of nitrogens with two attached hydrogens (primary N) is 1. The normalized spacial score (nSPS) is 14.3. The summed E-state index contributed by atoms with van der Waals surface area (Å²) in [4.78, 5) is 0.